The molecule has 0 saturated heterocycles. The van der Waals surface area contributed by atoms with Crippen LogP contribution in [-0.2, 0) is 12.6 Å². The monoisotopic (exact) mass is 303 g/mol. The van der Waals surface area contributed by atoms with Gasteiger partial charge < -0.3 is 0 Å². The molecule has 3 nitrogen and oxygen atoms in total. The molecule has 7 heteroatoms. The molecule has 2 aromatic rings. The van der Waals surface area contributed by atoms with E-state index in [2.05, 4.69) is 10.1 Å². The van der Waals surface area contributed by atoms with Crippen molar-refractivity contribution in [1.82, 2.24) is 14.8 Å². The zero-order valence-corrected chi connectivity index (χ0v) is 11.7. The quantitative estimate of drug-likeness (QED) is 0.853. The minimum absolute atomic E-state index is 0.262. The summed E-state index contributed by atoms with van der Waals surface area (Å²) in [5.74, 6) is 0.674. The fourth-order valence-electron chi connectivity index (χ4n) is 1.76. The molecule has 20 heavy (non-hydrogen) atoms. The van der Waals surface area contributed by atoms with Gasteiger partial charge in [0, 0.05) is 6.20 Å². The van der Waals surface area contributed by atoms with E-state index in [1.165, 1.54) is 10.7 Å². The van der Waals surface area contributed by atoms with Crippen LogP contribution in [0.15, 0.2) is 24.4 Å². The van der Waals surface area contributed by atoms with Crippen LogP contribution in [0.4, 0.5) is 13.2 Å². The minimum Gasteiger partial charge on any atom is -0.236 e. The van der Waals surface area contributed by atoms with E-state index in [1.54, 1.807) is 6.07 Å². The second-order valence-electron chi connectivity index (χ2n) is 4.87. The maximum absolute atomic E-state index is 12.5. The number of pyridine rings is 1. The molecule has 0 saturated carbocycles. The lowest BCUT2D eigenvalue weighted by molar-refractivity contribution is -0.137. The first-order valence-corrected chi connectivity index (χ1v) is 6.43. The predicted molar refractivity (Wildman–Crippen MR) is 69.9 cm³/mol. The zero-order chi connectivity index (χ0) is 14.9. The zero-order valence-electron chi connectivity index (χ0n) is 10.9. The van der Waals surface area contributed by atoms with Crippen molar-refractivity contribution < 1.29 is 13.2 Å². The first-order valence-electron chi connectivity index (χ1n) is 6.05. The second kappa shape index (κ2) is 5.44. The van der Waals surface area contributed by atoms with Crippen molar-refractivity contribution in [3.63, 3.8) is 0 Å². The van der Waals surface area contributed by atoms with E-state index in [9.17, 15) is 13.2 Å². The normalized spacial score (nSPS) is 12.2. The van der Waals surface area contributed by atoms with Crippen molar-refractivity contribution in [2.45, 2.75) is 26.4 Å². The molecule has 0 radical (unpaired) electrons. The first-order chi connectivity index (χ1) is 9.27. The molecule has 2 rings (SSSR count). The fourth-order valence-corrected chi connectivity index (χ4v) is 2.01. The summed E-state index contributed by atoms with van der Waals surface area (Å²) >= 11 is 6.03. The maximum atomic E-state index is 12.5. The molecule has 0 aliphatic carbocycles. The molecule has 0 aromatic carbocycles. The van der Waals surface area contributed by atoms with Crippen molar-refractivity contribution >= 4 is 11.6 Å². The van der Waals surface area contributed by atoms with Crippen LogP contribution in [0.25, 0.3) is 5.82 Å². The molecular formula is C13H13ClF3N3. The van der Waals surface area contributed by atoms with Crippen LogP contribution in [0, 0.1) is 5.92 Å². The summed E-state index contributed by atoms with van der Waals surface area (Å²) < 4.78 is 38.7. The molecule has 0 unspecified atom stereocenters. The van der Waals surface area contributed by atoms with Gasteiger partial charge in [-0.3, -0.25) is 0 Å². The van der Waals surface area contributed by atoms with Crippen LogP contribution in [0.5, 0.6) is 0 Å². The van der Waals surface area contributed by atoms with Crippen molar-refractivity contribution in [1.29, 1.82) is 0 Å². The van der Waals surface area contributed by atoms with Crippen LogP contribution < -0.4 is 0 Å². The van der Waals surface area contributed by atoms with Gasteiger partial charge in [0.1, 0.15) is 5.15 Å². The molecular weight excluding hydrogens is 291 g/mol. The molecule has 0 atom stereocenters. The molecule has 0 bridgehead atoms. The Morgan fingerprint density at radius 1 is 1.30 bits per heavy atom. The van der Waals surface area contributed by atoms with Gasteiger partial charge in [-0.25, -0.2) is 9.67 Å². The van der Waals surface area contributed by atoms with Gasteiger partial charge >= 0.3 is 6.18 Å². The predicted octanol–water partition coefficient (Wildman–Crippen LogP) is 4.14. The van der Waals surface area contributed by atoms with Crippen LogP contribution in [0.3, 0.4) is 0 Å². The molecule has 0 aliphatic rings. The number of hydrogen-bond donors (Lipinski definition) is 0. The Labute approximate surface area is 119 Å². The number of halogens is 4. The van der Waals surface area contributed by atoms with Gasteiger partial charge in [0.05, 0.1) is 11.3 Å². The summed E-state index contributed by atoms with van der Waals surface area (Å²) in [7, 11) is 0. The lowest BCUT2D eigenvalue weighted by Gasteiger charge is -2.07. The molecule has 2 heterocycles. The highest BCUT2D eigenvalue weighted by molar-refractivity contribution is 6.29. The number of rotatable bonds is 3. The highest BCUT2D eigenvalue weighted by Gasteiger charge is 2.30. The Balaban J connectivity index is 2.30. The number of nitrogens with zero attached hydrogens (tertiary/aromatic N) is 3. The summed E-state index contributed by atoms with van der Waals surface area (Å²) in [5.41, 5.74) is -0.0152. The molecule has 0 amide bonds. The summed E-state index contributed by atoms with van der Waals surface area (Å²) in [5, 5.41) is 4.58. The van der Waals surface area contributed by atoms with Crippen molar-refractivity contribution in [2.24, 2.45) is 5.92 Å². The highest BCUT2D eigenvalue weighted by Crippen LogP contribution is 2.29. The van der Waals surface area contributed by atoms with E-state index in [-0.39, 0.29) is 5.82 Å². The van der Waals surface area contributed by atoms with Crippen LogP contribution in [0.2, 0.25) is 5.15 Å². The molecule has 0 aliphatic heterocycles. The van der Waals surface area contributed by atoms with E-state index in [0.717, 1.165) is 24.4 Å². The van der Waals surface area contributed by atoms with Gasteiger partial charge in [-0.1, -0.05) is 25.4 Å². The second-order valence-corrected chi connectivity index (χ2v) is 5.26. The SMILES string of the molecule is CC(C)Cc1cc(Cl)n(-c2ccc(C(F)(F)F)cn2)n1. The van der Waals surface area contributed by atoms with Gasteiger partial charge in [-0.2, -0.15) is 18.3 Å². The number of hydrogen-bond acceptors (Lipinski definition) is 2. The largest absolute Gasteiger partial charge is 0.417 e. The Morgan fingerprint density at radius 2 is 2.00 bits per heavy atom. The molecule has 108 valence electrons. The van der Waals surface area contributed by atoms with Crippen LogP contribution in [-0.4, -0.2) is 14.8 Å². The van der Waals surface area contributed by atoms with Crippen molar-refractivity contribution in [3.05, 3.63) is 40.8 Å². The average Bonchev–Trinajstić information content (AvgIpc) is 2.68. The van der Waals surface area contributed by atoms with Crippen LogP contribution in [0.1, 0.15) is 25.1 Å². The minimum atomic E-state index is -4.40. The van der Waals surface area contributed by atoms with Gasteiger partial charge in [0.2, 0.25) is 0 Å². The van der Waals surface area contributed by atoms with Gasteiger partial charge in [-0.15, -0.1) is 0 Å². The van der Waals surface area contributed by atoms with E-state index in [1.807, 2.05) is 13.8 Å². The third-order valence-electron chi connectivity index (χ3n) is 2.63. The smallest absolute Gasteiger partial charge is 0.236 e. The van der Waals surface area contributed by atoms with E-state index in [4.69, 9.17) is 11.6 Å². The van der Waals surface area contributed by atoms with Crippen molar-refractivity contribution in [2.75, 3.05) is 0 Å². The van der Waals surface area contributed by atoms with Crippen LogP contribution >= 0.6 is 11.6 Å². The summed E-state index contributed by atoms with van der Waals surface area (Å²) in [4.78, 5) is 3.76. The van der Waals surface area contributed by atoms with Gasteiger partial charge in [0.25, 0.3) is 0 Å². The molecule has 0 spiro atoms. The Bertz CT molecular complexity index is 588. The topological polar surface area (TPSA) is 30.7 Å². The Morgan fingerprint density at radius 3 is 2.50 bits per heavy atom. The number of aromatic nitrogens is 3. The average molecular weight is 304 g/mol. The van der Waals surface area contributed by atoms with Gasteiger partial charge in [0.15, 0.2) is 5.82 Å². The summed E-state index contributed by atoms with van der Waals surface area (Å²) in [6.45, 7) is 4.09. The highest BCUT2D eigenvalue weighted by atomic mass is 35.5. The maximum Gasteiger partial charge on any atom is 0.417 e. The number of alkyl halides is 3. The Hall–Kier alpha value is -1.56. The fraction of sp³-hybridized carbons (Fsp3) is 0.385. The lowest BCUT2D eigenvalue weighted by Crippen LogP contribution is -2.07. The third kappa shape index (κ3) is 3.30. The first kappa shape index (κ1) is 14.8. The standard InChI is InChI=1S/C13H13ClF3N3/c1-8(2)5-10-6-11(14)20(19-10)12-4-3-9(7-18-12)13(15,16)17/h3-4,6-8H,5H2,1-2H3. The third-order valence-corrected chi connectivity index (χ3v) is 2.90. The van der Waals surface area contributed by atoms with Crippen molar-refractivity contribution in [3.8, 4) is 5.82 Å². The lowest BCUT2D eigenvalue weighted by atomic mass is 10.1. The van der Waals surface area contributed by atoms with Gasteiger partial charge in [-0.05, 0) is 30.5 Å². The molecule has 0 N–H and O–H groups in total. The molecule has 0 fully saturated rings. The van der Waals surface area contributed by atoms with E-state index >= 15 is 0 Å². The van der Waals surface area contributed by atoms with E-state index in [0.29, 0.717) is 11.1 Å². The summed E-state index contributed by atoms with van der Waals surface area (Å²) in [6.07, 6.45) is -2.88. The Kier molecular flexibility index (Phi) is 4.04. The summed E-state index contributed by atoms with van der Waals surface area (Å²) in [6, 6.07) is 3.91. The van der Waals surface area contributed by atoms with E-state index < -0.39 is 11.7 Å². The molecule has 2 aromatic heterocycles.